The minimum atomic E-state index is -3.49. The van der Waals surface area contributed by atoms with Crippen LogP contribution in [0.25, 0.3) is 0 Å². The highest BCUT2D eigenvalue weighted by Crippen LogP contribution is 2.23. The van der Waals surface area contributed by atoms with Gasteiger partial charge in [0.1, 0.15) is 0 Å². The zero-order chi connectivity index (χ0) is 12.6. The highest BCUT2D eigenvalue weighted by Gasteiger charge is 2.31. The topological polar surface area (TPSA) is 83.6 Å². The number of nitrogens with zero attached hydrogens (tertiary/aromatic N) is 1. The molecule has 1 aromatic rings. The van der Waals surface area contributed by atoms with E-state index in [9.17, 15) is 13.5 Å². The van der Waals surface area contributed by atoms with Gasteiger partial charge in [0.2, 0.25) is 10.0 Å². The predicted molar refractivity (Wildman–Crippen MR) is 65.0 cm³/mol. The quantitative estimate of drug-likeness (QED) is 0.747. The number of benzene rings is 1. The molecule has 0 aliphatic carbocycles. The van der Waals surface area contributed by atoms with Crippen LogP contribution in [0.1, 0.15) is 12.0 Å². The number of hydrogen-bond donors (Lipinski definition) is 2. The molecule has 1 saturated heterocycles. The lowest BCUT2D eigenvalue weighted by molar-refractivity contribution is 0.189. The van der Waals surface area contributed by atoms with E-state index < -0.39 is 16.1 Å². The molecule has 0 radical (unpaired) electrons. The van der Waals surface area contributed by atoms with Crippen molar-refractivity contribution in [2.75, 3.05) is 18.8 Å². The first kappa shape index (κ1) is 12.3. The molecular formula is C11H16N2O3S. The van der Waals surface area contributed by atoms with Gasteiger partial charge in [-0.3, -0.25) is 0 Å². The molecule has 0 saturated carbocycles. The molecule has 1 heterocycles. The van der Waals surface area contributed by atoms with Gasteiger partial charge >= 0.3 is 0 Å². The van der Waals surface area contributed by atoms with Crippen LogP contribution in [-0.2, 0) is 10.0 Å². The van der Waals surface area contributed by atoms with E-state index in [-0.39, 0.29) is 11.4 Å². The monoisotopic (exact) mass is 256 g/mol. The SMILES string of the molecule is Cc1cc(S(=O)(=O)N2CC[C@@H](O)C2)ccc1N. The zero-order valence-corrected chi connectivity index (χ0v) is 10.4. The minimum absolute atomic E-state index is 0.172. The van der Waals surface area contributed by atoms with Gasteiger partial charge in [-0.05, 0) is 37.1 Å². The summed E-state index contributed by atoms with van der Waals surface area (Å²) in [6.07, 6.45) is -0.0626. The number of hydrogen-bond acceptors (Lipinski definition) is 4. The third-order valence-electron chi connectivity index (χ3n) is 3.01. The minimum Gasteiger partial charge on any atom is -0.399 e. The Labute approximate surface area is 101 Å². The van der Waals surface area contributed by atoms with Gasteiger partial charge in [-0.25, -0.2) is 8.42 Å². The van der Waals surface area contributed by atoms with Crippen LogP contribution in [0.5, 0.6) is 0 Å². The largest absolute Gasteiger partial charge is 0.399 e. The van der Waals surface area contributed by atoms with Crippen molar-refractivity contribution in [3.8, 4) is 0 Å². The summed E-state index contributed by atoms with van der Waals surface area (Å²) < 4.78 is 25.7. The Hall–Kier alpha value is -1.11. The Balaban J connectivity index is 2.35. The molecule has 17 heavy (non-hydrogen) atoms. The van der Waals surface area contributed by atoms with Gasteiger partial charge in [0.25, 0.3) is 0 Å². The average molecular weight is 256 g/mol. The van der Waals surface area contributed by atoms with Gasteiger partial charge in [0.05, 0.1) is 11.0 Å². The number of nitrogen functional groups attached to an aromatic ring is 1. The molecule has 0 aromatic heterocycles. The first-order valence-electron chi connectivity index (χ1n) is 5.45. The average Bonchev–Trinajstić information content (AvgIpc) is 2.69. The Morgan fingerprint density at radius 1 is 1.47 bits per heavy atom. The van der Waals surface area contributed by atoms with E-state index >= 15 is 0 Å². The van der Waals surface area contributed by atoms with Crippen molar-refractivity contribution in [1.29, 1.82) is 0 Å². The van der Waals surface area contributed by atoms with E-state index in [1.54, 1.807) is 19.1 Å². The molecule has 1 aliphatic heterocycles. The Morgan fingerprint density at radius 2 is 2.18 bits per heavy atom. The van der Waals surface area contributed by atoms with E-state index in [0.29, 0.717) is 18.7 Å². The first-order valence-corrected chi connectivity index (χ1v) is 6.89. The molecule has 0 bridgehead atoms. The molecule has 1 fully saturated rings. The van der Waals surface area contributed by atoms with E-state index in [1.165, 1.54) is 10.4 Å². The number of aryl methyl sites for hydroxylation is 1. The summed E-state index contributed by atoms with van der Waals surface area (Å²) in [5, 5.41) is 9.38. The number of aliphatic hydroxyl groups is 1. The molecule has 0 unspecified atom stereocenters. The number of sulfonamides is 1. The van der Waals surface area contributed by atoms with Crippen molar-refractivity contribution < 1.29 is 13.5 Å². The van der Waals surface area contributed by atoms with E-state index in [1.807, 2.05) is 0 Å². The van der Waals surface area contributed by atoms with Crippen LogP contribution >= 0.6 is 0 Å². The maximum atomic E-state index is 12.2. The second-order valence-electron chi connectivity index (χ2n) is 4.32. The number of anilines is 1. The van der Waals surface area contributed by atoms with Crippen LogP contribution < -0.4 is 5.73 Å². The van der Waals surface area contributed by atoms with Gasteiger partial charge in [-0.2, -0.15) is 4.31 Å². The van der Waals surface area contributed by atoms with Gasteiger partial charge in [0, 0.05) is 18.8 Å². The second kappa shape index (κ2) is 4.29. The molecule has 0 amide bonds. The van der Waals surface area contributed by atoms with Crippen molar-refractivity contribution in [3.05, 3.63) is 23.8 Å². The number of rotatable bonds is 2. The van der Waals surface area contributed by atoms with Crippen molar-refractivity contribution in [2.45, 2.75) is 24.3 Å². The number of aliphatic hydroxyl groups excluding tert-OH is 1. The molecule has 1 atom stereocenters. The van der Waals surface area contributed by atoms with E-state index in [0.717, 1.165) is 5.56 Å². The molecule has 6 heteroatoms. The van der Waals surface area contributed by atoms with Gasteiger partial charge in [-0.15, -0.1) is 0 Å². The number of β-amino-alcohol motifs (C(OH)–C–C–N with tert-alkyl or cyclic N) is 1. The molecular weight excluding hydrogens is 240 g/mol. The lowest BCUT2D eigenvalue weighted by Crippen LogP contribution is -2.29. The summed E-state index contributed by atoms with van der Waals surface area (Å²) in [4.78, 5) is 0.235. The van der Waals surface area contributed by atoms with Gasteiger partial charge in [-0.1, -0.05) is 0 Å². The molecule has 5 nitrogen and oxygen atoms in total. The zero-order valence-electron chi connectivity index (χ0n) is 9.63. The third-order valence-corrected chi connectivity index (χ3v) is 4.87. The van der Waals surface area contributed by atoms with E-state index in [4.69, 9.17) is 5.73 Å². The van der Waals surface area contributed by atoms with Crippen LogP contribution in [0, 0.1) is 6.92 Å². The Morgan fingerprint density at radius 3 is 2.71 bits per heavy atom. The highest BCUT2D eigenvalue weighted by atomic mass is 32.2. The summed E-state index contributed by atoms with van der Waals surface area (Å²) in [6.45, 7) is 2.31. The highest BCUT2D eigenvalue weighted by molar-refractivity contribution is 7.89. The standard InChI is InChI=1S/C11H16N2O3S/c1-8-6-10(2-3-11(8)12)17(15,16)13-5-4-9(14)7-13/h2-3,6,9,14H,4-5,7,12H2,1H3/t9-/m1/s1. The van der Waals surface area contributed by atoms with Crippen molar-refractivity contribution in [2.24, 2.45) is 0 Å². The van der Waals surface area contributed by atoms with Crippen LogP contribution in [0.2, 0.25) is 0 Å². The van der Waals surface area contributed by atoms with Crippen LogP contribution in [0.15, 0.2) is 23.1 Å². The maximum absolute atomic E-state index is 12.2. The number of nitrogens with two attached hydrogens (primary N) is 1. The molecule has 1 aliphatic rings. The summed E-state index contributed by atoms with van der Waals surface area (Å²) in [6, 6.07) is 4.66. The Kier molecular flexibility index (Phi) is 3.11. The van der Waals surface area contributed by atoms with Gasteiger partial charge < -0.3 is 10.8 Å². The van der Waals surface area contributed by atoms with Crippen molar-refractivity contribution >= 4 is 15.7 Å². The second-order valence-corrected chi connectivity index (χ2v) is 6.26. The predicted octanol–water partition coefficient (Wildman–Crippen LogP) is 0.333. The summed E-state index contributed by atoms with van der Waals surface area (Å²) in [7, 11) is -3.49. The third kappa shape index (κ3) is 2.29. The van der Waals surface area contributed by atoms with Crippen LogP contribution in [-0.4, -0.2) is 37.0 Å². The summed E-state index contributed by atoms with van der Waals surface area (Å²) in [5.74, 6) is 0. The van der Waals surface area contributed by atoms with Crippen LogP contribution in [0.4, 0.5) is 5.69 Å². The molecule has 94 valence electrons. The molecule has 1 aromatic carbocycles. The van der Waals surface area contributed by atoms with Crippen LogP contribution in [0.3, 0.4) is 0 Å². The lowest BCUT2D eigenvalue weighted by Gasteiger charge is -2.16. The van der Waals surface area contributed by atoms with Gasteiger partial charge in [0.15, 0.2) is 0 Å². The Bertz CT molecular complexity index is 528. The van der Waals surface area contributed by atoms with Crippen molar-refractivity contribution in [3.63, 3.8) is 0 Å². The normalized spacial score (nSPS) is 21.9. The first-order chi connectivity index (χ1) is 7.91. The fourth-order valence-electron chi connectivity index (χ4n) is 1.89. The smallest absolute Gasteiger partial charge is 0.243 e. The van der Waals surface area contributed by atoms with Crippen molar-refractivity contribution in [1.82, 2.24) is 4.31 Å². The molecule has 0 spiro atoms. The summed E-state index contributed by atoms with van der Waals surface area (Å²) in [5.41, 5.74) is 6.98. The fraction of sp³-hybridized carbons (Fsp3) is 0.455. The maximum Gasteiger partial charge on any atom is 0.243 e. The fourth-order valence-corrected chi connectivity index (χ4v) is 3.46. The summed E-state index contributed by atoms with van der Waals surface area (Å²) >= 11 is 0. The molecule has 2 rings (SSSR count). The lowest BCUT2D eigenvalue weighted by atomic mass is 10.2. The van der Waals surface area contributed by atoms with E-state index in [2.05, 4.69) is 0 Å². The molecule has 3 N–H and O–H groups in total.